The van der Waals surface area contributed by atoms with E-state index in [1.54, 1.807) is 6.07 Å². The zero-order valence-corrected chi connectivity index (χ0v) is 12.4. The number of rotatable bonds is 2. The summed E-state index contributed by atoms with van der Waals surface area (Å²) in [6.45, 7) is 0. The van der Waals surface area contributed by atoms with E-state index in [1.807, 2.05) is 66.7 Å². The molecule has 0 spiro atoms. The van der Waals surface area contributed by atoms with Crippen LogP contribution in [0.5, 0.6) is 0 Å². The highest BCUT2D eigenvalue weighted by Crippen LogP contribution is 2.18. The van der Waals surface area contributed by atoms with Gasteiger partial charge in [0.1, 0.15) is 0 Å². The van der Waals surface area contributed by atoms with E-state index < -0.39 is 0 Å². The van der Waals surface area contributed by atoms with Gasteiger partial charge in [-0.3, -0.25) is 4.79 Å². The molecule has 0 unspecified atom stereocenters. The summed E-state index contributed by atoms with van der Waals surface area (Å²) in [6.07, 6.45) is 3.88. The van der Waals surface area contributed by atoms with Crippen molar-refractivity contribution in [3.63, 3.8) is 0 Å². The Kier molecular flexibility index (Phi) is 3.24. The van der Waals surface area contributed by atoms with Crippen LogP contribution in [-0.2, 0) is 0 Å². The zero-order chi connectivity index (χ0) is 15.6. The summed E-state index contributed by atoms with van der Waals surface area (Å²) in [4.78, 5) is 19.3. The molecule has 110 valence electrons. The molecular weight excluding hydrogens is 284 g/mol. The number of fused-ring (bicyclic) bond motifs is 2. The molecule has 2 aromatic heterocycles. The number of benzene rings is 2. The first-order chi connectivity index (χ1) is 11.3. The van der Waals surface area contributed by atoms with E-state index in [0.717, 1.165) is 33.1 Å². The monoisotopic (exact) mass is 298 g/mol. The van der Waals surface area contributed by atoms with Crippen molar-refractivity contribution in [2.24, 2.45) is 0 Å². The van der Waals surface area contributed by atoms with Crippen LogP contribution in [0.1, 0.15) is 11.3 Å². The number of nitrogens with one attached hydrogen (secondary N) is 1. The second-order valence-corrected chi connectivity index (χ2v) is 5.40. The molecule has 23 heavy (non-hydrogen) atoms. The quantitative estimate of drug-likeness (QED) is 0.601. The molecule has 2 aromatic carbocycles. The number of hydrogen-bond acceptors (Lipinski definition) is 2. The maximum absolute atomic E-state index is 11.8. The van der Waals surface area contributed by atoms with Crippen molar-refractivity contribution in [3.8, 4) is 0 Å². The minimum atomic E-state index is -0.102. The smallest absolute Gasteiger partial charge is 0.249 e. The Bertz CT molecular complexity index is 1090. The van der Waals surface area contributed by atoms with E-state index in [9.17, 15) is 4.79 Å². The summed E-state index contributed by atoms with van der Waals surface area (Å²) >= 11 is 0. The Balaban J connectivity index is 1.79. The van der Waals surface area contributed by atoms with E-state index in [2.05, 4.69) is 16.0 Å². The van der Waals surface area contributed by atoms with Crippen molar-refractivity contribution in [2.45, 2.75) is 0 Å². The van der Waals surface area contributed by atoms with E-state index in [-0.39, 0.29) is 5.56 Å². The average Bonchev–Trinajstić information content (AvgIpc) is 2.59. The van der Waals surface area contributed by atoms with Crippen LogP contribution in [0.15, 0.2) is 71.5 Å². The van der Waals surface area contributed by atoms with Gasteiger partial charge in [0.15, 0.2) is 0 Å². The lowest BCUT2D eigenvalue weighted by molar-refractivity contribution is 1.30. The number of para-hydroxylation sites is 2. The second-order valence-electron chi connectivity index (χ2n) is 5.40. The lowest BCUT2D eigenvalue weighted by Crippen LogP contribution is -2.04. The van der Waals surface area contributed by atoms with Gasteiger partial charge in [-0.15, -0.1) is 0 Å². The summed E-state index contributed by atoms with van der Waals surface area (Å²) in [6, 6.07) is 21.4. The van der Waals surface area contributed by atoms with Crippen LogP contribution in [0.25, 0.3) is 34.0 Å². The second kappa shape index (κ2) is 5.54. The topological polar surface area (TPSA) is 45.8 Å². The molecule has 1 N–H and O–H groups in total. The van der Waals surface area contributed by atoms with E-state index in [0.29, 0.717) is 0 Å². The predicted molar refractivity (Wildman–Crippen MR) is 95.2 cm³/mol. The molecule has 0 saturated heterocycles. The molecule has 0 amide bonds. The first-order valence-corrected chi connectivity index (χ1v) is 7.45. The average molecular weight is 298 g/mol. The molecule has 0 aliphatic carbocycles. The fourth-order valence-corrected chi connectivity index (χ4v) is 2.72. The molecule has 0 bridgehead atoms. The van der Waals surface area contributed by atoms with Crippen LogP contribution in [0, 0.1) is 0 Å². The number of aromatic amines is 1. The number of nitrogens with zero attached hydrogens (tertiary/aromatic N) is 1. The van der Waals surface area contributed by atoms with Gasteiger partial charge in [-0.2, -0.15) is 0 Å². The lowest BCUT2D eigenvalue weighted by Gasteiger charge is -2.02. The van der Waals surface area contributed by atoms with Gasteiger partial charge in [-0.25, -0.2) is 4.98 Å². The third-order valence-electron chi connectivity index (χ3n) is 3.84. The normalized spacial score (nSPS) is 11.5. The summed E-state index contributed by atoms with van der Waals surface area (Å²) in [5, 5.41) is 2.13. The SMILES string of the molecule is O=c1cc(/C=C/c2ccc3ccccc3n2)c2ccccc2[nH]1. The molecule has 0 saturated carbocycles. The first-order valence-electron chi connectivity index (χ1n) is 7.45. The highest BCUT2D eigenvalue weighted by Gasteiger charge is 2.00. The van der Waals surface area contributed by atoms with Crippen LogP contribution in [0.3, 0.4) is 0 Å². The summed E-state index contributed by atoms with van der Waals surface area (Å²) in [5.41, 5.74) is 3.46. The predicted octanol–water partition coefficient (Wildman–Crippen LogP) is 4.25. The van der Waals surface area contributed by atoms with Crippen molar-refractivity contribution in [1.29, 1.82) is 0 Å². The van der Waals surface area contributed by atoms with E-state index >= 15 is 0 Å². The van der Waals surface area contributed by atoms with Gasteiger partial charge in [0.25, 0.3) is 0 Å². The van der Waals surface area contributed by atoms with Gasteiger partial charge < -0.3 is 4.98 Å². The van der Waals surface area contributed by atoms with Crippen molar-refractivity contribution in [1.82, 2.24) is 9.97 Å². The van der Waals surface area contributed by atoms with Crippen LogP contribution in [0.4, 0.5) is 0 Å². The maximum atomic E-state index is 11.8. The molecule has 4 aromatic rings. The van der Waals surface area contributed by atoms with Gasteiger partial charge in [0, 0.05) is 22.4 Å². The molecular formula is C20H14N2O. The summed E-state index contributed by atoms with van der Waals surface area (Å²) in [5.74, 6) is 0. The molecule has 0 fully saturated rings. The van der Waals surface area contributed by atoms with Gasteiger partial charge in [0.05, 0.1) is 11.2 Å². The molecule has 3 heteroatoms. The Labute approximate surface area is 132 Å². The van der Waals surface area contributed by atoms with Gasteiger partial charge in [0.2, 0.25) is 5.56 Å². The maximum Gasteiger partial charge on any atom is 0.249 e. The highest BCUT2D eigenvalue weighted by atomic mass is 16.1. The standard InChI is InChI=1S/C20H14N2O/c23-20-13-15(17-6-2-4-8-19(17)22-20)10-12-16-11-9-14-5-1-3-7-18(14)21-16/h1-13H,(H,22,23)/b12-10+. The Morgan fingerprint density at radius 1 is 0.870 bits per heavy atom. The van der Waals surface area contributed by atoms with Gasteiger partial charge >= 0.3 is 0 Å². The fraction of sp³-hybridized carbons (Fsp3) is 0. The van der Waals surface area contributed by atoms with Gasteiger partial charge in [-0.05, 0) is 29.8 Å². The molecule has 4 rings (SSSR count). The first kappa shape index (κ1) is 13.5. The molecule has 3 nitrogen and oxygen atoms in total. The Morgan fingerprint density at radius 3 is 2.65 bits per heavy atom. The van der Waals surface area contributed by atoms with Crippen molar-refractivity contribution in [3.05, 3.63) is 88.3 Å². The van der Waals surface area contributed by atoms with Crippen molar-refractivity contribution >= 4 is 34.0 Å². The molecule has 0 aliphatic rings. The molecule has 0 radical (unpaired) electrons. The third kappa shape index (κ3) is 2.64. The summed E-state index contributed by atoms with van der Waals surface area (Å²) < 4.78 is 0. The van der Waals surface area contributed by atoms with Crippen LogP contribution < -0.4 is 5.56 Å². The molecule has 2 heterocycles. The van der Waals surface area contributed by atoms with E-state index in [4.69, 9.17) is 0 Å². The summed E-state index contributed by atoms with van der Waals surface area (Å²) in [7, 11) is 0. The van der Waals surface area contributed by atoms with E-state index in [1.165, 1.54) is 0 Å². The van der Waals surface area contributed by atoms with Crippen molar-refractivity contribution < 1.29 is 0 Å². The molecule has 0 atom stereocenters. The highest BCUT2D eigenvalue weighted by molar-refractivity contribution is 5.90. The minimum Gasteiger partial charge on any atom is -0.322 e. The van der Waals surface area contributed by atoms with Crippen LogP contribution in [-0.4, -0.2) is 9.97 Å². The zero-order valence-electron chi connectivity index (χ0n) is 12.4. The Hall–Kier alpha value is -3.20. The minimum absolute atomic E-state index is 0.102. The lowest BCUT2D eigenvalue weighted by atomic mass is 10.1. The van der Waals surface area contributed by atoms with Crippen LogP contribution in [0.2, 0.25) is 0 Å². The number of hydrogen-bond donors (Lipinski definition) is 1. The number of H-pyrrole nitrogens is 1. The van der Waals surface area contributed by atoms with Crippen LogP contribution >= 0.6 is 0 Å². The number of pyridine rings is 2. The van der Waals surface area contributed by atoms with Gasteiger partial charge in [-0.1, -0.05) is 48.5 Å². The number of aromatic nitrogens is 2. The van der Waals surface area contributed by atoms with Crippen molar-refractivity contribution in [2.75, 3.05) is 0 Å². The largest absolute Gasteiger partial charge is 0.322 e. The Morgan fingerprint density at radius 2 is 1.70 bits per heavy atom. The fourth-order valence-electron chi connectivity index (χ4n) is 2.72. The molecule has 0 aliphatic heterocycles. The third-order valence-corrected chi connectivity index (χ3v) is 3.84.